The molecule has 25 heteroatoms. The van der Waals surface area contributed by atoms with E-state index in [9.17, 15) is 19.1 Å². The number of phenolic OH excluding ortho intramolecular Hbond substituents is 1. The molecule has 1 saturated heterocycles. The Morgan fingerprint density at radius 2 is 1.12 bits per heavy atom. The molecule has 97 heavy (non-hydrogen) atoms. The molecule has 21 nitrogen and oxygen atoms in total. The number of hydrogen-bond donors (Lipinski definition) is 5. The van der Waals surface area contributed by atoms with Crippen LogP contribution in [0.25, 0.3) is 0 Å². The number of benzene rings is 2. The average molecular weight is 1410 g/mol. The molecule has 544 valence electrons. The van der Waals surface area contributed by atoms with E-state index in [1.807, 2.05) is 162 Å². The molecule has 0 spiro atoms. The van der Waals surface area contributed by atoms with E-state index in [1.54, 1.807) is 6.92 Å². The summed E-state index contributed by atoms with van der Waals surface area (Å²) in [7, 11) is 0. The van der Waals surface area contributed by atoms with Gasteiger partial charge < -0.3 is 43.2 Å². The number of halogens is 1. The number of ether oxygens (including phenoxy) is 5. The number of carbonyl (C=O) groups is 2. The number of aromatic hydroxyl groups is 1. The normalized spacial score (nSPS) is 15.4. The molecule has 4 aliphatic heterocycles. The maximum absolute atomic E-state index is 13.1. The zero-order chi connectivity index (χ0) is 74.6. The lowest BCUT2D eigenvalue weighted by Gasteiger charge is -2.20. The third-order valence-corrected chi connectivity index (χ3v) is 15.2. The van der Waals surface area contributed by atoms with E-state index in [0.29, 0.717) is 67.5 Å². The van der Waals surface area contributed by atoms with E-state index >= 15 is 0 Å². The number of hydroxylamine groups is 2. The quantitative estimate of drug-likeness (QED) is 0.0502. The van der Waals surface area contributed by atoms with Gasteiger partial charge in [0.25, 0.3) is 0 Å². The first-order chi connectivity index (χ1) is 44.2. The van der Waals surface area contributed by atoms with Crippen LogP contribution in [0.5, 0.6) is 5.75 Å². The molecule has 1 fully saturated rings. The molecule has 4 aromatic rings. The van der Waals surface area contributed by atoms with Crippen molar-refractivity contribution in [1.29, 1.82) is 0 Å². The van der Waals surface area contributed by atoms with Gasteiger partial charge in [-0.3, -0.25) is 14.7 Å². The minimum absolute atomic E-state index is 0.000694. The minimum Gasteiger partial charge on any atom is -0.505 e. The molecule has 6 heterocycles. The minimum atomic E-state index is -0.537. The Morgan fingerprint density at radius 3 is 1.48 bits per heavy atom. The van der Waals surface area contributed by atoms with Crippen LogP contribution in [-0.2, 0) is 60.4 Å². The predicted molar refractivity (Wildman–Crippen MR) is 397 cm³/mol. The van der Waals surface area contributed by atoms with Crippen molar-refractivity contribution in [2.45, 2.75) is 249 Å². The summed E-state index contributed by atoms with van der Waals surface area (Å²) < 4.78 is 43.4. The first-order valence-electron chi connectivity index (χ1n) is 32.0. The largest absolute Gasteiger partial charge is 0.505 e. The molecule has 4 aliphatic rings. The molecule has 2 aromatic heterocycles. The number of amidine groups is 3. The number of ketones is 1. The number of aryl methyl sites for hydroxylation is 3. The van der Waals surface area contributed by atoms with Crippen LogP contribution in [0.4, 0.5) is 4.39 Å². The van der Waals surface area contributed by atoms with Crippen LogP contribution in [0.1, 0.15) is 207 Å². The third kappa shape index (κ3) is 44.5. The van der Waals surface area contributed by atoms with Crippen LogP contribution < -0.4 is 15.7 Å². The van der Waals surface area contributed by atoms with Crippen LogP contribution >= 0.6 is 35.5 Å². The van der Waals surface area contributed by atoms with Gasteiger partial charge >= 0.3 is 0 Å². The predicted octanol–water partition coefficient (Wildman–Crippen LogP) is 16.2. The van der Waals surface area contributed by atoms with Crippen molar-refractivity contribution in [2.75, 3.05) is 32.2 Å². The van der Waals surface area contributed by atoms with Gasteiger partial charge in [-0.25, -0.2) is 35.3 Å². The summed E-state index contributed by atoms with van der Waals surface area (Å²) in [5.74, 6) is 4.93. The topological polar surface area (TPSA) is 259 Å². The lowest BCUT2D eigenvalue weighted by atomic mass is 9.86. The fourth-order valence-corrected chi connectivity index (χ4v) is 9.05. The van der Waals surface area contributed by atoms with Crippen LogP contribution in [0.15, 0.2) is 111 Å². The second-order valence-electron chi connectivity index (χ2n) is 30.8. The maximum Gasteiger partial charge on any atom is 0.240 e. The summed E-state index contributed by atoms with van der Waals surface area (Å²) in [6.07, 6.45) is 3.35. The van der Waals surface area contributed by atoms with Crippen LogP contribution in [0.3, 0.4) is 0 Å². The highest BCUT2D eigenvalue weighted by Gasteiger charge is 2.33. The fraction of sp³-hybridized carbons (Fsp3) is 0.597. The molecule has 8 rings (SSSR count). The Morgan fingerprint density at radius 1 is 0.629 bits per heavy atom. The van der Waals surface area contributed by atoms with E-state index in [-0.39, 0.29) is 67.2 Å². The molecular formula is C72H116FN11O10S3. The number of nitrogens with zero attached hydrogens (tertiary/aromatic N) is 7. The SMILES string of the molecule is C=C1N=C(COC(C)(C)C)NO1.C=C1N=C(COC(C)(C)C)NO1.C=C1N=C(COC(C)(C)C)NS1.CC(C)(C)OCC1SC(=O)CC1=O.CC(C)(C)OCc1ncn[nH]1.Cc1cc(C(C)(C)C)cc(F)c1O.Cc1ccccc1SCC(C)(C)C.Cc1nccc(C(C)(C)C)n1. The van der Waals surface area contributed by atoms with E-state index in [2.05, 4.69) is 148 Å². The van der Waals surface area contributed by atoms with Crippen molar-refractivity contribution >= 4 is 63.9 Å². The van der Waals surface area contributed by atoms with E-state index < -0.39 is 5.82 Å². The Labute approximate surface area is 592 Å². The molecule has 1 atom stereocenters. The number of carbonyl (C=O) groups excluding carboxylic acids is 2. The summed E-state index contributed by atoms with van der Waals surface area (Å²) in [6, 6.07) is 13.7. The third-order valence-electron chi connectivity index (χ3n) is 11.7. The monoisotopic (exact) mass is 1410 g/mol. The summed E-state index contributed by atoms with van der Waals surface area (Å²) >= 11 is 4.48. The number of H-pyrrole nitrogens is 1. The second-order valence-corrected chi connectivity index (χ2v) is 33.9. The molecular weight excluding hydrogens is 1290 g/mol. The number of aromatic amines is 1. The van der Waals surface area contributed by atoms with Crippen molar-refractivity contribution < 1.29 is 52.4 Å². The molecule has 0 aliphatic carbocycles. The average Bonchev–Trinajstić information content (AvgIpc) is 1.81. The van der Waals surface area contributed by atoms with Gasteiger partial charge in [0.1, 0.15) is 55.3 Å². The molecule has 0 bridgehead atoms. The van der Waals surface area contributed by atoms with Crippen molar-refractivity contribution in [3.05, 3.63) is 131 Å². The Balaban J connectivity index is 0.000000555. The number of aliphatic imine (C=N–C) groups is 3. The molecule has 0 amide bonds. The van der Waals surface area contributed by atoms with Crippen LogP contribution in [-0.4, -0.2) is 124 Å². The number of Topliss-reactive ketones (excluding diaryl/α,β-unsaturated/α-hetero) is 1. The highest BCUT2D eigenvalue weighted by molar-refractivity contribution is 8.15. The lowest BCUT2D eigenvalue weighted by Crippen LogP contribution is -2.28. The standard InChI is InChI=1S/C12H18S.C11H15FO.C9H14N2.C9H14O3S.2C8H14N2O2.C8H14N2OS.C7H13N3O/c1-10-7-5-6-8-11(10)13-9-12(2,3)4;1-7-5-8(11(2,3)4)6-9(12)10(7)13;1-7-10-6-5-8(11-7)9(2,3)4;1-9(2,3)12-5-7-6(10)4-8(11)13-7;3*1-6-9-7(10-12-6)5-11-8(2,3)4;1-7(2,3)11-4-6-8-5-9-10-6/h5-8H,9H2,1-4H3;5-6,13H,1-4H3;5-6H,1-4H3;7H,4-5H2,1-3H3;3*1,5H2,2-4H3,(H,9,10);5H,4H2,1-3H3,(H,8,9,10). The zero-order valence-electron chi connectivity index (χ0n) is 63.2. The first kappa shape index (κ1) is 88.8. The van der Waals surface area contributed by atoms with Gasteiger partial charge in [0.15, 0.2) is 34.1 Å². The molecule has 5 N–H and O–H groups in total. The highest BCUT2D eigenvalue weighted by atomic mass is 32.2. The lowest BCUT2D eigenvalue weighted by molar-refractivity contribution is -0.122. The van der Waals surface area contributed by atoms with Crippen molar-refractivity contribution in [3.63, 3.8) is 0 Å². The van der Waals surface area contributed by atoms with Gasteiger partial charge in [-0.1, -0.05) is 105 Å². The summed E-state index contributed by atoms with van der Waals surface area (Å²) in [4.78, 5) is 57.4. The van der Waals surface area contributed by atoms with Crippen LogP contribution in [0, 0.1) is 32.0 Å². The molecule has 2 aromatic carbocycles. The number of nitrogens with one attached hydrogen (secondary N) is 4. The number of phenols is 1. The number of hydrogen-bond acceptors (Lipinski definition) is 23. The highest BCUT2D eigenvalue weighted by Crippen LogP contribution is 2.31. The van der Waals surface area contributed by atoms with Gasteiger partial charge in [-0.15, -0.1) is 11.8 Å². The Kier molecular flexibility index (Phi) is 36.8. The smallest absolute Gasteiger partial charge is 0.240 e. The van der Waals surface area contributed by atoms with E-state index in [0.717, 1.165) is 45.5 Å². The number of aromatic nitrogens is 5. The van der Waals surface area contributed by atoms with Crippen molar-refractivity contribution in [3.8, 4) is 5.75 Å². The summed E-state index contributed by atoms with van der Waals surface area (Å²) in [5, 5.41) is 16.1. The Hall–Kier alpha value is -6.19. The van der Waals surface area contributed by atoms with E-state index in [1.165, 1.54) is 40.6 Å². The first-order valence-corrected chi connectivity index (χ1v) is 34.7. The molecule has 1 unspecified atom stereocenters. The van der Waals surface area contributed by atoms with Crippen LogP contribution in [0.2, 0.25) is 0 Å². The summed E-state index contributed by atoms with van der Waals surface area (Å²) in [6.45, 7) is 67.8. The van der Waals surface area contributed by atoms with Gasteiger partial charge in [0.2, 0.25) is 11.8 Å². The van der Waals surface area contributed by atoms with Gasteiger partial charge in [-0.2, -0.15) is 15.1 Å². The fourth-order valence-electron chi connectivity index (χ4n) is 6.60. The molecule has 0 saturated carbocycles. The second kappa shape index (κ2) is 40.2. The van der Waals surface area contributed by atoms with E-state index in [4.69, 9.17) is 33.4 Å². The maximum atomic E-state index is 13.1. The van der Waals surface area contributed by atoms with Crippen molar-refractivity contribution in [1.82, 2.24) is 40.8 Å². The zero-order valence-corrected chi connectivity index (χ0v) is 65.6. The number of thioether (sulfide) groups is 2. The number of rotatable bonds is 12. The van der Waals surface area contributed by atoms with Gasteiger partial charge in [-0.05, 0) is 184 Å². The molecule has 0 radical (unpaired) electrons. The Bertz CT molecular complexity index is 3070. The van der Waals surface area contributed by atoms with Crippen molar-refractivity contribution in [2.24, 2.45) is 20.4 Å². The van der Waals surface area contributed by atoms with Gasteiger partial charge in [0, 0.05) is 39.9 Å². The van der Waals surface area contributed by atoms with Gasteiger partial charge in [0.05, 0.1) is 46.3 Å². The summed E-state index contributed by atoms with van der Waals surface area (Å²) in [5.41, 5.74) is 8.85.